The first-order valence-corrected chi connectivity index (χ1v) is 4.64. The summed E-state index contributed by atoms with van der Waals surface area (Å²) in [6.07, 6.45) is 0. The molecule has 0 atom stereocenters. The maximum absolute atomic E-state index is 11.1. The highest BCUT2D eigenvalue weighted by atomic mass is 32.1. The third-order valence-corrected chi connectivity index (χ3v) is 2.92. The second-order valence-corrected chi connectivity index (χ2v) is 3.77. The molecule has 1 aromatic rings. The van der Waals surface area contributed by atoms with Crippen LogP contribution in [0.1, 0.15) is 32.6 Å². The van der Waals surface area contributed by atoms with Crippen molar-refractivity contribution in [2.24, 2.45) is 0 Å². The van der Waals surface area contributed by atoms with Crippen LogP contribution >= 0.6 is 0 Å². The summed E-state index contributed by atoms with van der Waals surface area (Å²) in [5.74, 6) is 0. The minimum Gasteiger partial charge on any atom is -0.737 e. The second-order valence-electron chi connectivity index (χ2n) is 3.40. The van der Waals surface area contributed by atoms with Crippen LogP contribution in [0.4, 0.5) is 0 Å². The van der Waals surface area contributed by atoms with Gasteiger partial charge in [-0.3, -0.25) is 0 Å². The zero-order chi connectivity index (χ0) is 10.2. The topological polar surface area (TPSA) is 53.6 Å². The number of quaternary nitrogens is 1. The van der Waals surface area contributed by atoms with Crippen molar-refractivity contribution < 1.29 is 4.79 Å². The van der Waals surface area contributed by atoms with Crippen molar-refractivity contribution in [3.05, 3.63) is 33.9 Å². The summed E-state index contributed by atoms with van der Waals surface area (Å²) in [4.78, 5) is 11.1. The van der Waals surface area contributed by atoms with Crippen LogP contribution in [0.3, 0.4) is 0 Å². The van der Waals surface area contributed by atoms with E-state index >= 15 is 0 Å². The first-order valence-electron chi connectivity index (χ1n) is 4.24. The Labute approximate surface area is 90.7 Å². The standard InChI is InChI=1S/C11H14OS.H3N/c1-6-5-10(11(12)13)9(4)8(3)7(6)2;/h5H,1-4H3,(H,12,13);1H3. The highest BCUT2D eigenvalue weighted by Gasteiger charge is 2.06. The van der Waals surface area contributed by atoms with Crippen molar-refractivity contribution >= 4 is 17.7 Å². The van der Waals surface area contributed by atoms with Gasteiger partial charge in [0.25, 0.3) is 0 Å². The Morgan fingerprint density at radius 1 is 1.07 bits per heavy atom. The smallest absolute Gasteiger partial charge is 0.0425 e. The molecule has 0 spiro atoms. The van der Waals surface area contributed by atoms with Crippen molar-refractivity contribution in [2.75, 3.05) is 0 Å². The van der Waals surface area contributed by atoms with Gasteiger partial charge in [-0.15, -0.1) is 0 Å². The van der Waals surface area contributed by atoms with Crippen LogP contribution in [0.25, 0.3) is 0 Å². The average molecular weight is 211 g/mol. The molecule has 0 aliphatic heterocycles. The van der Waals surface area contributed by atoms with E-state index in [4.69, 9.17) is 0 Å². The number of benzene rings is 1. The minimum atomic E-state index is -0.260. The van der Waals surface area contributed by atoms with E-state index in [1.54, 1.807) is 0 Å². The molecule has 0 fully saturated rings. The summed E-state index contributed by atoms with van der Waals surface area (Å²) in [6, 6.07) is 1.88. The molecular weight excluding hydrogens is 194 g/mol. The molecule has 1 rings (SSSR count). The van der Waals surface area contributed by atoms with Crippen molar-refractivity contribution in [3.63, 3.8) is 0 Å². The molecule has 14 heavy (non-hydrogen) atoms. The number of hydrogen-bond donors (Lipinski definition) is 1. The minimum absolute atomic E-state index is 0. The predicted molar refractivity (Wildman–Crippen MR) is 63.1 cm³/mol. The Hall–Kier alpha value is -0.930. The fraction of sp³-hybridized carbons (Fsp3) is 0.364. The van der Waals surface area contributed by atoms with Crippen LogP contribution in [-0.2, 0) is 12.6 Å². The molecule has 0 radical (unpaired) electrons. The van der Waals surface area contributed by atoms with Crippen LogP contribution in [-0.4, -0.2) is 5.12 Å². The molecule has 0 aliphatic rings. The number of hydrogen-bond acceptors (Lipinski definition) is 2. The Morgan fingerprint density at radius 2 is 1.57 bits per heavy atom. The van der Waals surface area contributed by atoms with Crippen LogP contribution in [0.15, 0.2) is 6.07 Å². The monoisotopic (exact) mass is 211 g/mol. The third kappa shape index (κ3) is 2.11. The van der Waals surface area contributed by atoms with Crippen LogP contribution in [0.5, 0.6) is 0 Å². The Morgan fingerprint density at radius 3 is 2.00 bits per heavy atom. The first-order chi connectivity index (χ1) is 5.95. The van der Waals surface area contributed by atoms with E-state index in [0.29, 0.717) is 5.56 Å². The summed E-state index contributed by atoms with van der Waals surface area (Å²) in [6.45, 7) is 8.04. The Balaban J connectivity index is 0.00000169. The molecule has 0 aliphatic carbocycles. The summed E-state index contributed by atoms with van der Waals surface area (Å²) < 4.78 is 0. The number of carbonyl (C=O) groups is 1. The molecule has 0 bridgehead atoms. The highest BCUT2D eigenvalue weighted by molar-refractivity contribution is 7.77. The van der Waals surface area contributed by atoms with Crippen molar-refractivity contribution in [1.29, 1.82) is 0 Å². The highest BCUT2D eigenvalue weighted by Crippen LogP contribution is 2.21. The maximum atomic E-state index is 11.1. The van der Waals surface area contributed by atoms with Gasteiger partial charge in [-0.1, -0.05) is 0 Å². The van der Waals surface area contributed by atoms with Crippen LogP contribution < -0.4 is 6.15 Å². The molecule has 1 aromatic carbocycles. The summed E-state index contributed by atoms with van der Waals surface area (Å²) in [5, 5.41) is -0.260. The molecule has 0 saturated carbocycles. The Kier molecular flexibility index (Phi) is 4.23. The van der Waals surface area contributed by atoms with Gasteiger partial charge in [-0.25, -0.2) is 0 Å². The Bertz CT molecular complexity index is 372. The lowest BCUT2D eigenvalue weighted by Crippen LogP contribution is -2.02. The lowest BCUT2D eigenvalue weighted by molar-refractivity contribution is 0.108. The molecule has 0 unspecified atom stereocenters. The molecule has 3 heteroatoms. The molecule has 0 heterocycles. The summed E-state index contributed by atoms with van der Waals surface area (Å²) in [5.41, 5.74) is 5.25. The quantitative estimate of drug-likeness (QED) is 0.726. The van der Waals surface area contributed by atoms with Gasteiger partial charge >= 0.3 is 0 Å². The summed E-state index contributed by atoms with van der Waals surface area (Å²) in [7, 11) is 0. The van der Waals surface area contributed by atoms with Gasteiger partial charge in [0.15, 0.2) is 0 Å². The van der Waals surface area contributed by atoms with E-state index < -0.39 is 0 Å². The molecular formula is C11H17NOS. The summed E-state index contributed by atoms with van der Waals surface area (Å²) >= 11 is 4.66. The van der Waals surface area contributed by atoms with E-state index in [1.807, 2.05) is 26.8 Å². The van der Waals surface area contributed by atoms with Gasteiger partial charge in [0, 0.05) is 5.12 Å². The predicted octanol–water partition coefficient (Wildman–Crippen LogP) is 2.98. The fourth-order valence-electron chi connectivity index (χ4n) is 1.42. The number of rotatable bonds is 1. The van der Waals surface area contributed by atoms with Gasteiger partial charge in [0.05, 0.1) is 0 Å². The van der Waals surface area contributed by atoms with Gasteiger partial charge in [-0.2, -0.15) is 0 Å². The number of carbonyl (C=O) groups excluding carboxylic acids is 1. The SMILES string of the molecule is Cc1cc(C(=O)[S-])c(C)c(C)c1C.[NH4+]. The van der Waals surface area contributed by atoms with Gasteiger partial charge in [0.2, 0.25) is 0 Å². The van der Waals surface area contributed by atoms with E-state index in [0.717, 1.165) is 11.1 Å². The van der Waals surface area contributed by atoms with Crippen LogP contribution in [0.2, 0.25) is 0 Å². The molecule has 78 valence electrons. The van der Waals surface area contributed by atoms with Gasteiger partial charge in [-0.05, 0) is 61.6 Å². The van der Waals surface area contributed by atoms with Gasteiger partial charge < -0.3 is 23.6 Å². The molecule has 0 aromatic heterocycles. The van der Waals surface area contributed by atoms with Crippen molar-refractivity contribution in [1.82, 2.24) is 6.15 Å². The fourth-order valence-corrected chi connectivity index (χ4v) is 1.64. The largest absolute Gasteiger partial charge is 0.737 e. The lowest BCUT2D eigenvalue weighted by Gasteiger charge is -2.15. The van der Waals surface area contributed by atoms with E-state index in [-0.39, 0.29) is 11.3 Å². The molecule has 2 nitrogen and oxygen atoms in total. The first kappa shape index (κ1) is 13.1. The normalized spacial score (nSPS) is 9.43. The number of aryl methyl sites for hydroxylation is 1. The third-order valence-electron chi connectivity index (χ3n) is 2.70. The van der Waals surface area contributed by atoms with Crippen molar-refractivity contribution in [2.45, 2.75) is 27.7 Å². The van der Waals surface area contributed by atoms with Crippen molar-refractivity contribution in [3.8, 4) is 0 Å². The molecule has 0 amide bonds. The van der Waals surface area contributed by atoms with E-state index in [1.165, 1.54) is 11.1 Å². The average Bonchev–Trinajstić information content (AvgIpc) is 2.07. The molecule has 0 saturated heterocycles. The maximum Gasteiger partial charge on any atom is 0.0425 e. The zero-order valence-electron chi connectivity index (χ0n) is 9.39. The van der Waals surface area contributed by atoms with E-state index in [2.05, 4.69) is 19.6 Å². The second kappa shape index (κ2) is 4.53. The zero-order valence-corrected chi connectivity index (χ0v) is 10.2. The lowest BCUT2D eigenvalue weighted by atomic mass is 9.95. The van der Waals surface area contributed by atoms with Crippen LogP contribution in [0, 0.1) is 27.7 Å². The molecule has 4 N–H and O–H groups in total. The van der Waals surface area contributed by atoms with E-state index in [9.17, 15) is 4.79 Å². The van der Waals surface area contributed by atoms with Gasteiger partial charge in [0.1, 0.15) is 0 Å².